The van der Waals surface area contributed by atoms with Gasteiger partial charge in [-0.2, -0.15) is 0 Å². The number of amides is 1. The van der Waals surface area contributed by atoms with Gasteiger partial charge in [0.25, 0.3) is 0 Å². The molecule has 2 N–H and O–H groups in total. The van der Waals surface area contributed by atoms with Crippen LogP contribution >= 0.6 is 0 Å². The number of nitrogens with one attached hydrogen (secondary N) is 1. The van der Waals surface area contributed by atoms with Crippen molar-refractivity contribution in [3.63, 3.8) is 0 Å². The van der Waals surface area contributed by atoms with E-state index in [1.807, 2.05) is 18.2 Å². The smallest absolute Gasteiger partial charge is 0.224 e. The fraction of sp³-hybridized carbons (Fsp3) is 0.217. The highest BCUT2D eigenvalue weighted by Crippen LogP contribution is 2.24. The van der Waals surface area contributed by atoms with E-state index in [0.717, 1.165) is 19.3 Å². The molecule has 0 atom stereocenters. The minimum Gasteiger partial charge on any atom is -0.508 e. The number of aryl methyl sites for hydroxylation is 2. The van der Waals surface area contributed by atoms with Crippen molar-refractivity contribution in [2.24, 2.45) is 0 Å². The van der Waals surface area contributed by atoms with Crippen LogP contribution < -0.4 is 5.32 Å². The first-order chi connectivity index (χ1) is 14.1. The van der Waals surface area contributed by atoms with Gasteiger partial charge in [-0.3, -0.25) is 9.59 Å². The van der Waals surface area contributed by atoms with Gasteiger partial charge in [0, 0.05) is 24.0 Å². The number of phenolic OH excluding ortho intramolecular Hbond substituents is 1. The summed E-state index contributed by atoms with van der Waals surface area (Å²) >= 11 is 0. The van der Waals surface area contributed by atoms with Crippen molar-refractivity contribution in [1.29, 1.82) is 0 Å². The zero-order valence-corrected chi connectivity index (χ0v) is 15.9. The minimum absolute atomic E-state index is 0.0228. The second-order valence-electron chi connectivity index (χ2n) is 7.15. The quantitative estimate of drug-likeness (QED) is 0.625. The van der Waals surface area contributed by atoms with Gasteiger partial charge in [0.15, 0.2) is 11.6 Å². The van der Waals surface area contributed by atoms with Gasteiger partial charge >= 0.3 is 0 Å². The third-order valence-corrected chi connectivity index (χ3v) is 5.04. The predicted molar refractivity (Wildman–Crippen MR) is 110 cm³/mol. The normalized spacial score (nSPS) is 12.4. The summed E-state index contributed by atoms with van der Waals surface area (Å²) in [5.74, 6) is 0.306. The molecule has 0 saturated carbocycles. The van der Waals surface area contributed by atoms with Crippen LogP contribution in [0.15, 0.2) is 54.9 Å². The molecule has 0 saturated heterocycles. The van der Waals surface area contributed by atoms with E-state index >= 15 is 0 Å². The highest BCUT2D eigenvalue weighted by Gasteiger charge is 2.15. The van der Waals surface area contributed by atoms with Crippen LogP contribution in [0.5, 0.6) is 5.75 Å². The van der Waals surface area contributed by atoms with Crippen LogP contribution in [0, 0.1) is 0 Å². The molecular formula is C23H21N3O3. The molecule has 6 heteroatoms. The summed E-state index contributed by atoms with van der Waals surface area (Å²) in [6, 6.07) is 12.5. The number of aromatic hydroxyl groups is 1. The largest absolute Gasteiger partial charge is 0.508 e. The van der Waals surface area contributed by atoms with Crippen molar-refractivity contribution >= 4 is 17.4 Å². The summed E-state index contributed by atoms with van der Waals surface area (Å²) < 4.78 is 0. The molecule has 1 aromatic heterocycles. The molecular weight excluding hydrogens is 366 g/mol. The average molecular weight is 387 g/mol. The number of hydrogen-bond acceptors (Lipinski definition) is 5. The zero-order valence-electron chi connectivity index (χ0n) is 15.9. The fourth-order valence-corrected chi connectivity index (χ4v) is 3.53. The number of ketones is 1. The van der Waals surface area contributed by atoms with Crippen LogP contribution in [0.4, 0.5) is 5.69 Å². The average Bonchev–Trinajstić information content (AvgIpc) is 3.20. The van der Waals surface area contributed by atoms with Crippen LogP contribution in [0.3, 0.4) is 0 Å². The van der Waals surface area contributed by atoms with Crippen molar-refractivity contribution in [3.8, 4) is 17.1 Å². The lowest BCUT2D eigenvalue weighted by atomic mass is 10.0. The van der Waals surface area contributed by atoms with E-state index < -0.39 is 0 Å². The number of carbonyl (C=O) groups excluding carboxylic acids is 2. The maximum atomic E-state index is 12.4. The number of phenols is 1. The lowest BCUT2D eigenvalue weighted by Crippen LogP contribution is -2.14. The summed E-state index contributed by atoms with van der Waals surface area (Å²) in [5.41, 5.74) is 4.40. The van der Waals surface area contributed by atoms with Crippen molar-refractivity contribution in [3.05, 3.63) is 71.5 Å². The molecule has 4 rings (SSSR count). The summed E-state index contributed by atoms with van der Waals surface area (Å²) in [6.07, 6.45) is 6.52. The molecule has 0 spiro atoms. The van der Waals surface area contributed by atoms with Gasteiger partial charge in [-0.15, -0.1) is 0 Å². The molecule has 1 aliphatic rings. The Hall–Kier alpha value is -3.54. The molecule has 0 radical (unpaired) electrons. The lowest BCUT2D eigenvalue weighted by molar-refractivity contribution is -0.116. The van der Waals surface area contributed by atoms with Crippen molar-refractivity contribution in [1.82, 2.24) is 9.97 Å². The Labute approximate surface area is 168 Å². The molecule has 0 bridgehead atoms. The second-order valence-corrected chi connectivity index (χ2v) is 7.15. The van der Waals surface area contributed by atoms with Crippen molar-refractivity contribution in [2.75, 3.05) is 5.32 Å². The highest BCUT2D eigenvalue weighted by molar-refractivity contribution is 6.00. The number of rotatable bonds is 6. The van der Waals surface area contributed by atoms with Gasteiger partial charge in [-0.1, -0.05) is 24.3 Å². The van der Waals surface area contributed by atoms with Crippen LogP contribution in [0.25, 0.3) is 11.4 Å². The molecule has 0 fully saturated rings. The Balaban J connectivity index is 1.32. The molecule has 3 aromatic rings. The zero-order chi connectivity index (χ0) is 20.2. The Morgan fingerprint density at radius 2 is 1.76 bits per heavy atom. The Bertz CT molecular complexity index is 1060. The molecule has 0 unspecified atom stereocenters. The number of hydrogen-bond donors (Lipinski definition) is 2. The fourth-order valence-electron chi connectivity index (χ4n) is 3.53. The monoisotopic (exact) mass is 387 g/mol. The van der Waals surface area contributed by atoms with E-state index in [9.17, 15) is 14.7 Å². The highest BCUT2D eigenvalue weighted by atomic mass is 16.3. The minimum atomic E-state index is -0.256. The number of anilines is 1. The molecule has 1 aliphatic carbocycles. The molecule has 1 amide bonds. The van der Waals surface area contributed by atoms with E-state index in [0.29, 0.717) is 22.6 Å². The number of nitrogens with zero attached hydrogens (tertiary/aromatic N) is 2. The van der Waals surface area contributed by atoms with E-state index in [-0.39, 0.29) is 30.3 Å². The maximum absolute atomic E-state index is 12.4. The molecule has 6 nitrogen and oxygen atoms in total. The Kier molecular flexibility index (Phi) is 5.33. The third kappa shape index (κ3) is 4.48. The van der Waals surface area contributed by atoms with E-state index in [1.165, 1.54) is 23.5 Å². The molecule has 0 aliphatic heterocycles. The van der Waals surface area contributed by atoms with Crippen LogP contribution in [-0.2, 0) is 17.6 Å². The number of Topliss-reactive ketones (excluding diaryl/α,β-unsaturated/α-hetero) is 1. The summed E-state index contributed by atoms with van der Waals surface area (Å²) in [4.78, 5) is 33.0. The Morgan fingerprint density at radius 1 is 0.966 bits per heavy atom. The predicted octanol–water partition coefficient (Wildman–Crippen LogP) is 3.94. The van der Waals surface area contributed by atoms with Gasteiger partial charge in [0.2, 0.25) is 5.91 Å². The van der Waals surface area contributed by atoms with E-state index in [1.54, 1.807) is 24.3 Å². The summed E-state index contributed by atoms with van der Waals surface area (Å²) in [7, 11) is 0. The number of carbonyl (C=O) groups is 2. The second kappa shape index (κ2) is 8.22. The molecule has 29 heavy (non-hydrogen) atoms. The number of fused-ring (bicyclic) bond motifs is 1. The lowest BCUT2D eigenvalue weighted by Gasteiger charge is -2.07. The van der Waals surface area contributed by atoms with Crippen LogP contribution in [-0.4, -0.2) is 26.8 Å². The van der Waals surface area contributed by atoms with Gasteiger partial charge in [-0.05, 0) is 48.6 Å². The van der Waals surface area contributed by atoms with E-state index in [4.69, 9.17) is 0 Å². The summed E-state index contributed by atoms with van der Waals surface area (Å²) in [5, 5.41) is 12.3. The summed E-state index contributed by atoms with van der Waals surface area (Å²) in [6.45, 7) is 0. The van der Waals surface area contributed by atoms with Gasteiger partial charge < -0.3 is 10.4 Å². The first-order valence-corrected chi connectivity index (χ1v) is 9.65. The SMILES string of the molecule is O=C(CCC(=O)c1ccc2c(c1)CCC2)Nc1cnc(-c2cccc(O)c2)nc1. The molecule has 1 heterocycles. The Morgan fingerprint density at radius 3 is 2.55 bits per heavy atom. The first-order valence-electron chi connectivity index (χ1n) is 9.65. The molecule has 146 valence electrons. The number of benzene rings is 2. The van der Waals surface area contributed by atoms with Gasteiger partial charge in [0.05, 0.1) is 18.1 Å². The van der Waals surface area contributed by atoms with E-state index in [2.05, 4.69) is 15.3 Å². The standard InChI is InChI=1S/C23H21N3O3/c27-20-6-2-5-18(12-20)23-24-13-19(14-25-23)26-22(29)10-9-21(28)17-8-7-15-3-1-4-16(15)11-17/h2,5-8,11-14,27H,1,3-4,9-10H2,(H,26,29). The molecule has 2 aromatic carbocycles. The van der Waals surface area contributed by atoms with Crippen LogP contribution in [0.1, 0.15) is 40.7 Å². The van der Waals surface area contributed by atoms with Gasteiger partial charge in [0.1, 0.15) is 5.75 Å². The van der Waals surface area contributed by atoms with Gasteiger partial charge in [-0.25, -0.2) is 9.97 Å². The topological polar surface area (TPSA) is 92.2 Å². The van der Waals surface area contributed by atoms with Crippen molar-refractivity contribution in [2.45, 2.75) is 32.1 Å². The number of aromatic nitrogens is 2. The first kappa shape index (κ1) is 18.8. The maximum Gasteiger partial charge on any atom is 0.224 e. The van der Waals surface area contributed by atoms with Crippen molar-refractivity contribution < 1.29 is 14.7 Å². The van der Waals surface area contributed by atoms with Crippen LogP contribution in [0.2, 0.25) is 0 Å². The third-order valence-electron chi connectivity index (χ3n) is 5.04.